The minimum absolute atomic E-state index is 0.00356. The molecule has 0 amide bonds. The summed E-state index contributed by atoms with van der Waals surface area (Å²) in [5.74, 6) is 0. The van der Waals surface area contributed by atoms with Crippen molar-refractivity contribution in [2.75, 3.05) is 0 Å². The van der Waals surface area contributed by atoms with Crippen LogP contribution >= 0.6 is 0 Å². The maximum Gasteiger partial charge on any atom is 0.0950 e. The molecular formula is C11H12N2O. The van der Waals surface area contributed by atoms with E-state index in [1.54, 1.807) is 24.9 Å². The molecule has 3 nitrogen and oxygen atoms in total. The Bertz CT molecular complexity index is 369. The van der Waals surface area contributed by atoms with Crippen LogP contribution in [0.2, 0.25) is 0 Å². The van der Waals surface area contributed by atoms with Gasteiger partial charge in [-0.1, -0.05) is 0 Å². The Morgan fingerprint density at radius 1 is 1.29 bits per heavy atom. The number of pyridine rings is 1. The molecule has 0 radical (unpaired) electrons. The van der Waals surface area contributed by atoms with Crippen molar-refractivity contribution >= 4 is 0 Å². The van der Waals surface area contributed by atoms with Gasteiger partial charge in [-0.25, -0.2) is 0 Å². The summed E-state index contributed by atoms with van der Waals surface area (Å²) in [5.41, 5.74) is 8.21. The molecule has 2 aromatic rings. The Balaban J connectivity index is 2.06. The van der Waals surface area contributed by atoms with Gasteiger partial charge in [0.15, 0.2) is 0 Å². The molecule has 0 unspecified atom stereocenters. The van der Waals surface area contributed by atoms with Crippen LogP contribution in [0.5, 0.6) is 0 Å². The van der Waals surface area contributed by atoms with Gasteiger partial charge in [0.1, 0.15) is 0 Å². The summed E-state index contributed by atoms with van der Waals surface area (Å²) < 4.78 is 4.98. The second kappa shape index (κ2) is 4.07. The smallest absolute Gasteiger partial charge is 0.0950 e. The lowest BCUT2D eigenvalue weighted by Crippen LogP contribution is -2.12. The summed E-state index contributed by atoms with van der Waals surface area (Å²) >= 11 is 0. The Labute approximate surface area is 82.6 Å². The van der Waals surface area contributed by atoms with Crippen LogP contribution in [0.1, 0.15) is 17.2 Å². The van der Waals surface area contributed by atoms with Crippen LogP contribution in [0.4, 0.5) is 0 Å². The summed E-state index contributed by atoms with van der Waals surface area (Å²) in [6.45, 7) is 0. The van der Waals surface area contributed by atoms with E-state index in [4.69, 9.17) is 10.2 Å². The maximum atomic E-state index is 5.99. The third-order valence-corrected chi connectivity index (χ3v) is 2.18. The molecule has 0 aliphatic rings. The molecule has 72 valence electrons. The van der Waals surface area contributed by atoms with E-state index in [-0.39, 0.29) is 6.04 Å². The predicted octanol–water partition coefficient (Wildman–Crippen LogP) is 1.92. The molecule has 0 spiro atoms. The summed E-state index contributed by atoms with van der Waals surface area (Å²) in [6.07, 6.45) is 7.69. The zero-order chi connectivity index (χ0) is 9.80. The van der Waals surface area contributed by atoms with Crippen molar-refractivity contribution in [3.05, 3.63) is 54.2 Å². The molecule has 0 saturated heterocycles. The largest absolute Gasteiger partial charge is 0.472 e. The summed E-state index contributed by atoms with van der Waals surface area (Å²) in [6, 6.07) is 5.84. The number of nitrogens with zero attached hydrogens (tertiary/aromatic N) is 1. The predicted molar refractivity (Wildman–Crippen MR) is 53.6 cm³/mol. The van der Waals surface area contributed by atoms with Crippen molar-refractivity contribution in [2.24, 2.45) is 5.73 Å². The first-order valence-corrected chi connectivity index (χ1v) is 4.53. The number of furan rings is 1. The zero-order valence-electron chi connectivity index (χ0n) is 7.76. The first kappa shape index (κ1) is 8.97. The van der Waals surface area contributed by atoms with Gasteiger partial charge in [-0.2, -0.15) is 0 Å². The SMILES string of the molecule is N[C@H](Cc1ccncc1)c1ccoc1. The van der Waals surface area contributed by atoms with E-state index < -0.39 is 0 Å². The van der Waals surface area contributed by atoms with Gasteiger partial charge in [0, 0.05) is 24.0 Å². The molecule has 3 heteroatoms. The van der Waals surface area contributed by atoms with Gasteiger partial charge in [-0.05, 0) is 30.2 Å². The van der Waals surface area contributed by atoms with Crippen LogP contribution in [-0.2, 0) is 6.42 Å². The highest BCUT2D eigenvalue weighted by molar-refractivity contribution is 5.17. The topological polar surface area (TPSA) is 52.0 Å². The molecule has 0 aromatic carbocycles. The van der Waals surface area contributed by atoms with Crippen molar-refractivity contribution in [3.63, 3.8) is 0 Å². The van der Waals surface area contributed by atoms with Crippen LogP contribution in [0.15, 0.2) is 47.5 Å². The molecule has 14 heavy (non-hydrogen) atoms. The van der Waals surface area contributed by atoms with E-state index in [1.165, 1.54) is 5.56 Å². The van der Waals surface area contributed by atoms with Gasteiger partial charge in [0.2, 0.25) is 0 Å². The molecular weight excluding hydrogens is 176 g/mol. The highest BCUT2D eigenvalue weighted by Crippen LogP contribution is 2.15. The Morgan fingerprint density at radius 2 is 2.07 bits per heavy atom. The molecule has 2 N–H and O–H groups in total. The van der Waals surface area contributed by atoms with E-state index in [1.807, 2.05) is 18.2 Å². The normalized spacial score (nSPS) is 12.6. The highest BCUT2D eigenvalue weighted by Gasteiger charge is 2.07. The minimum Gasteiger partial charge on any atom is -0.472 e. The fourth-order valence-corrected chi connectivity index (χ4v) is 1.38. The van der Waals surface area contributed by atoms with Crippen LogP contribution in [-0.4, -0.2) is 4.98 Å². The number of nitrogens with two attached hydrogens (primary N) is 1. The third-order valence-electron chi connectivity index (χ3n) is 2.18. The molecule has 0 aliphatic heterocycles. The average molecular weight is 188 g/mol. The van der Waals surface area contributed by atoms with E-state index in [0.29, 0.717) is 0 Å². The molecule has 0 fully saturated rings. The van der Waals surface area contributed by atoms with E-state index in [9.17, 15) is 0 Å². The molecule has 2 heterocycles. The standard InChI is InChI=1S/C11H12N2O/c12-11(10-3-6-14-8-10)7-9-1-4-13-5-2-9/h1-6,8,11H,7,12H2/t11-/m1/s1. The van der Waals surface area contributed by atoms with Crippen molar-refractivity contribution in [1.29, 1.82) is 0 Å². The van der Waals surface area contributed by atoms with Gasteiger partial charge in [0.25, 0.3) is 0 Å². The number of hydrogen-bond donors (Lipinski definition) is 1. The Morgan fingerprint density at radius 3 is 2.71 bits per heavy atom. The Kier molecular flexibility index (Phi) is 2.60. The van der Waals surface area contributed by atoms with Gasteiger partial charge < -0.3 is 10.2 Å². The first-order valence-electron chi connectivity index (χ1n) is 4.53. The van der Waals surface area contributed by atoms with Gasteiger partial charge in [-0.15, -0.1) is 0 Å². The molecule has 1 atom stereocenters. The summed E-state index contributed by atoms with van der Waals surface area (Å²) in [7, 11) is 0. The summed E-state index contributed by atoms with van der Waals surface area (Å²) in [4.78, 5) is 3.96. The number of aromatic nitrogens is 1. The van der Waals surface area contributed by atoms with E-state index >= 15 is 0 Å². The average Bonchev–Trinajstić information content (AvgIpc) is 2.72. The lowest BCUT2D eigenvalue weighted by Gasteiger charge is -2.08. The van der Waals surface area contributed by atoms with Crippen molar-refractivity contribution < 1.29 is 4.42 Å². The second-order valence-electron chi connectivity index (χ2n) is 3.22. The van der Waals surface area contributed by atoms with Crippen molar-refractivity contribution in [2.45, 2.75) is 12.5 Å². The number of hydrogen-bond acceptors (Lipinski definition) is 3. The zero-order valence-corrected chi connectivity index (χ0v) is 7.76. The monoisotopic (exact) mass is 188 g/mol. The lowest BCUT2D eigenvalue weighted by molar-refractivity contribution is 0.558. The summed E-state index contributed by atoms with van der Waals surface area (Å²) in [5, 5.41) is 0. The molecule has 0 bridgehead atoms. The van der Waals surface area contributed by atoms with E-state index in [2.05, 4.69) is 4.98 Å². The molecule has 2 aromatic heterocycles. The minimum atomic E-state index is -0.00356. The van der Waals surface area contributed by atoms with Gasteiger partial charge in [-0.3, -0.25) is 4.98 Å². The molecule has 0 aliphatic carbocycles. The third kappa shape index (κ3) is 2.00. The first-order chi connectivity index (χ1) is 6.86. The highest BCUT2D eigenvalue weighted by atomic mass is 16.3. The van der Waals surface area contributed by atoms with Crippen molar-refractivity contribution in [1.82, 2.24) is 4.98 Å². The molecule has 2 rings (SSSR count). The van der Waals surface area contributed by atoms with Crippen LogP contribution in [0.3, 0.4) is 0 Å². The fraction of sp³-hybridized carbons (Fsp3) is 0.182. The van der Waals surface area contributed by atoms with Crippen molar-refractivity contribution in [3.8, 4) is 0 Å². The number of rotatable bonds is 3. The van der Waals surface area contributed by atoms with Crippen LogP contribution in [0, 0.1) is 0 Å². The lowest BCUT2D eigenvalue weighted by atomic mass is 10.0. The Hall–Kier alpha value is -1.61. The maximum absolute atomic E-state index is 5.99. The van der Waals surface area contributed by atoms with E-state index in [0.717, 1.165) is 12.0 Å². The van der Waals surface area contributed by atoms with Gasteiger partial charge >= 0.3 is 0 Å². The van der Waals surface area contributed by atoms with Gasteiger partial charge in [0.05, 0.1) is 12.5 Å². The van der Waals surface area contributed by atoms with Crippen LogP contribution < -0.4 is 5.73 Å². The second-order valence-corrected chi connectivity index (χ2v) is 3.22. The quantitative estimate of drug-likeness (QED) is 0.800. The molecule has 0 saturated carbocycles. The van der Waals surface area contributed by atoms with Crippen LogP contribution in [0.25, 0.3) is 0 Å². The fourth-order valence-electron chi connectivity index (χ4n) is 1.38.